The number of hydrogen-bond donors (Lipinski definition) is 1. The molecule has 0 saturated carbocycles. The van der Waals surface area contributed by atoms with E-state index in [1.54, 1.807) is 0 Å². The minimum Gasteiger partial charge on any atom is -0.495 e. The Morgan fingerprint density at radius 2 is 1.73 bits per heavy atom. The average molecular weight is 584 g/mol. The quantitative estimate of drug-likeness (QED) is 0.504. The number of nitrogens with one attached hydrogen (secondary N) is 1. The summed E-state index contributed by atoms with van der Waals surface area (Å²) < 4.78 is 97.7. The van der Waals surface area contributed by atoms with Crippen LogP contribution in [0.2, 0.25) is 5.02 Å². The molecule has 0 bridgehead atoms. The van der Waals surface area contributed by atoms with E-state index in [-0.39, 0.29) is 21.4 Å². The van der Waals surface area contributed by atoms with E-state index in [0.717, 1.165) is 12.5 Å². The highest BCUT2D eigenvalue weighted by Crippen LogP contribution is 2.36. The predicted molar refractivity (Wildman–Crippen MR) is 133 cm³/mol. The van der Waals surface area contributed by atoms with Crippen LogP contribution in [0.15, 0.2) is 41.3 Å². The minimum atomic E-state index is -4.77. The van der Waals surface area contributed by atoms with Crippen LogP contribution < -0.4 is 14.4 Å². The van der Waals surface area contributed by atoms with Crippen LogP contribution in [0.4, 0.5) is 24.5 Å². The molecule has 1 fully saturated rings. The number of halogens is 4. The van der Waals surface area contributed by atoms with Crippen LogP contribution in [0.1, 0.15) is 24.8 Å². The van der Waals surface area contributed by atoms with Crippen molar-refractivity contribution >= 4 is 48.9 Å². The summed E-state index contributed by atoms with van der Waals surface area (Å²) in [6.45, 7) is -0.244. The number of carbonyl (C=O) groups is 1. The van der Waals surface area contributed by atoms with E-state index in [2.05, 4.69) is 5.32 Å². The second-order valence-corrected chi connectivity index (χ2v) is 12.5. The van der Waals surface area contributed by atoms with Gasteiger partial charge < -0.3 is 10.1 Å². The molecule has 0 atom stereocenters. The number of alkyl halides is 3. The van der Waals surface area contributed by atoms with Crippen molar-refractivity contribution in [2.24, 2.45) is 0 Å². The van der Waals surface area contributed by atoms with Gasteiger partial charge in [0.1, 0.15) is 17.2 Å². The molecule has 0 aromatic heterocycles. The number of nitrogens with zero attached hydrogens (tertiary/aromatic N) is 2. The summed E-state index contributed by atoms with van der Waals surface area (Å²) in [5, 5.41) is 2.08. The molecule has 0 spiro atoms. The van der Waals surface area contributed by atoms with Crippen molar-refractivity contribution in [3.05, 3.63) is 47.0 Å². The van der Waals surface area contributed by atoms with Crippen LogP contribution in [0.25, 0.3) is 0 Å². The van der Waals surface area contributed by atoms with Gasteiger partial charge in [-0.3, -0.25) is 9.10 Å². The highest BCUT2D eigenvalue weighted by Gasteiger charge is 2.33. The molecule has 0 unspecified atom stereocenters. The van der Waals surface area contributed by atoms with E-state index in [9.17, 15) is 34.8 Å². The Kier molecular flexibility index (Phi) is 8.67. The van der Waals surface area contributed by atoms with Crippen LogP contribution >= 0.6 is 11.6 Å². The van der Waals surface area contributed by atoms with Gasteiger partial charge in [0.05, 0.1) is 29.6 Å². The van der Waals surface area contributed by atoms with Gasteiger partial charge in [0.15, 0.2) is 0 Å². The van der Waals surface area contributed by atoms with Crippen LogP contribution in [-0.2, 0) is 31.0 Å². The van der Waals surface area contributed by atoms with Crippen molar-refractivity contribution in [1.82, 2.24) is 4.31 Å². The molecule has 2 aromatic rings. The van der Waals surface area contributed by atoms with Crippen molar-refractivity contribution in [2.75, 3.05) is 42.6 Å². The molecule has 3 rings (SSSR count). The first-order chi connectivity index (χ1) is 17.1. The van der Waals surface area contributed by atoms with Crippen molar-refractivity contribution in [1.29, 1.82) is 0 Å². The maximum Gasteiger partial charge on any atom is 0.416 e. The monoisotopic (exact) mass is 583 g/mol. The lowest BCUT2D eigenvalue weighted by Gasteiger charge is -2.27. The SMILES string of the molecule is COc1ccc(NC(=O)CN(c2cc(C(F)(F)F)ccc2Cl)S(C)(=O)=O)cc1S(=O)(=O)N1CCCCC1. The predicted octanol–water partition coefficient (Wildman–Crippen LogP) is 3.95. The summed E-state index contributed by atoms with van der Waals surface area (Å²) in [5.41, 5.74) is -1.66. The molecule has 0 radical (unpaired) electrons. The van der Waals surface area contributed by atoms with E-state index >= 15 is 0 Å². The largest absolute Gasteiger partial charge is 0.495 e. The van der Waals surface area contributed by atoms with Gasteiger partial charge in [0, 0.05) is 18.8 Å². The van der Waals surface area contributed by atoms with E-state index in [0.29, 0.717) is 48.6 Å². The first-order valence-electron chi connectivity index (χ1n) is 11.0. The third-order valence-electron chi connectivity index (χ3n) is 5.61. The minimum absolute atomic E-state index is 0.0185. The highest BCUT2D eigenvalue weighted by molar-refractivity contribution is 7.92. The molecule has 1 aliphatic heterocycles. The zero-order valence-electron chi connectivity index (χ0n) is 19.9. The third kappa shape index (κ3) is 6.86. The Morgan fingerprint density at radius 1 is 1.08 bits per heavy atom. The Labute approximate surface area is 218 Å². The summed E-state index contributed by atoms with van der Waals surface area (Å²) >= 11 is 5.98. The molecule has 1 amide bonds. The van der Waals surface area contributed by atoms with Gasteiger partial charge in [-0.05, 0) is 49.2 Å². The van der Waals surface area contributed by atoms with Crippen molar-refractivity contribution in [2.45, 2.75) is 30.3 Å². The van der Waals surface area contributed by atoms with Crippen LogP contribution in [0.5, 0.6) is 5.75 Å². The van der Waals surface area contributed by atoms with E-state index in [1.807, 2.05) is 0 Å². The van der Waals surface area contributed by atoms with Gasteiger partial charge in [0.25, 0.3) is 0 Å². The maximum atomic E-state index is 13.2. The Hall–Kier alpha value is -2.55. The number of benzene rings is 2. The summed E-state index contributed by atoms with van der Waals surface area (Å²) in [4.78, 5) is 12.6. The maximum absolute atomic E-state index is 13.2. The molecular weight excluding hydrogens is 559 g/mol. The molecule has 1 saturated heterocycles. The van der Waals surface area contributed by atoms with Crippen LogP contribution in [0, 0.1) is 0 Å². The number of piperidine rings is 1. The number of ether oxygens (including phenoxy) is 1. The summed E-state index contributed by atoms with van der Waals surface area (Å²) in [6, 6.07) is 5.99. The van der Waals surface area contributed by atoms with Gasteiger partial charge >= 0.3 is 6.18 Å². The summed E-state index contributed by atoms with van der Waals surface area (Å²) in [5.74, 6) is -0.887. The van der Waals surface area contributed by atoms with E-state index < -0.39 is 49.9 Å². The lowest BCUT2D eigenvalue weighted by atomic mass is 10.2. The number of amides is 1. The topological polar surface area (TPSA) is 113 Å². The number of hydrogen-bond acceptors (Lipinski definition) is 6. The highest BCUT2D eigenvalue weighted by atomic mass is 35.5. The Morgan fingerprint density at radius 3 is 2.30 bits per heavy atom. The molecular formula is C22H25ClF3N3O6S2. The van der Waals surface area contributed by atoms with Crippen LogP contribution in [-0.4, -0.2) is 60.0 Å². The Bertz CT molecular complexity index is 1380. The summed E-state index contributed by atoms with van der Waals surface area (Å²) in [6.07, 6.45) is -1.74. The fourth-order valence-electron chi connectivity index (χ4n) is 3.79. The first-order valence-corrected chi connectivity index (χ1v) is 14.6. The first kappa shape index (κ1) is 29.0. The molecule has 15 heteroatoms. The van der Waals surface area contributed by atoms with Crippen molar-refractivity contribution in [3.8, 4) is 5.75 Å². The summed E-state index contributed by atoms with van der Waals surface area (Å²) in [7, 11) is -6.90. The van der Waals surface area contributed by atoms with Crippen LogP contribution in [0.3, 0.4) is 0 Å². The van der Waals surface area contributed by atoms with E-state index in [1.165, 1.54) is 29.6 Å². The average Bonchev–Trinajstić information content (AvgIpc) is 2.82. The molecule has 204 valence electrons. The molecule has 2 aromatic carbocycles. The molecule has 37 heavy (non-hydrogen) atoms. The fourth-order valence-corrected chi connectivity index (χ4v) is 6.62. The van der Waals surface area contributed by atoms with Gasteiger partial charge in [-0.1, -0.05) is 18.0 Å². The number of rotatable bonds is 8. The smallest absolute Gasteiger partial charge is 0.416 e. The third-order valence-corrected chi connectivity index (χ3v) is 8.98. The molecule has 1 heterocycles. The normalized spacial score (nSPS) is 15.3. The number of sulfonamides is 2. The lowest BCUT2D eigenvalue weighted by Crippen LogP contribution is -2.38. The van der Waals surface area contributed by atoms with Gasteiger partial charge in [0.2, 0.25) is 26.0 Å². The Balaban J connectivity index is 1.90. The zero-order chi connectivity index (χ0) is 27.6. The molecule has 1 aliphatic rings. The van der Waals surface area contributed by atoms with E-state index in [4.69, 9.17) is 16.3 Å². The van der Waals surface area contributed by atoms with Gasteiger partial charge in [-0.2, -0.15) is 17.5 Å². The lowest BCUT2D eigenvalue weighted by molar-refractivity contribution is -0.137. The fraction of sp³-hybridized carbons (Fsp3) is 0.409. The molecule has 0 aliphatic carbocycles. The second kappa shape index (κ2) is 11.1. The van der Waals surface area contributed by atoms with Crippen molar-refractivity contribution in [3.63, 3.8) is 0 Å². The zero-order valence-corrected chi connectivity index (χ0v) is 22.3. The number of anilines is 2. The van der Waals surface area contributed by atoms with Crippen molar-refractivity contribution < 1.29 is 39.5 Å². The molecule has 1 N–H and O–H groups in total. The van der Waals surface area contributed by atoms with Gasteiger partial charge in [-0.15, -0.1) is 0 Å². The number of carbonyl (C=O) groups excluding carboxylic acids is 1. The number of methoxy groups -OCH3 is 1. The standard InChI is InChI=1S/C22H25ClF3N3O6S2/c1-35-19-9-7-16(13-20(19)37(33,34)28-10-4-3-5-11-28)27-21(30)14-29(36(2,31)32)18-12-15(22(24,25)26)6-8-17(18)23/h6-9,12-13H,3-5,10-11,14H2,1-2H3,(H,27,30). The van der Waals surface area contributed by atoms with Gasteiger partial charge in [-0.25, -0.2) is 16.8 Å². The molecule has 9 nitrogen and oxygen atoms in total. The second-order valence-electron chi connectivity index (χ2n) is 8.31.